The smallest absolute Gasteiger partial charge is 0.163 e. The summed E-state index contributed by atoms with van der Waals surface area (Å²) in [5.74, 6) is 0.567. The molecule has 3 aromatic heterocycles. The van der Waals surface area contributed by atoms with E-state index in [1.54, 1.807) is 11.3 Å². The summed E-state index contributed by atoms with van der Waals surface area (Å²) in [4.78, 5) is 0.929. The molecule has 0 aliphatic rings. The Hall–Kier alpha value is -1.69. The van der Waals surface area contributed by atoms with Crippen molar-refractivity contribution in [1.29, 1.82) is 0 Å². The van der Waals surface area contributed by atoms with E-state index < -0.39 is 0 Å². The average Bonchev–Trinajstić information content (AvgIpc) is 2.73. The lowest BCUT2D eigenvalue weighted by atomic mass is 10.1. The molecule has 3 aromatic rings. The molecule has 0 saturated heterocycles. The van der Waals surface area contributed by atoms with E-state index >= 15 is 0 Å². The molecule has 0 aliphatic carbocycles. The fourth-order valence-electron chi connectivity index (χ4n) is 1.93. The van der Waals surface area contributed by atoms with Crippen molar-refractivity contribution in [1.82, 2.24) is 20.0 Å². The molecule has 0 aliphatic heterocycles. The summed E-state index contributed by atoms with van der Waals surface area (Å²) >= 11 is 1.55. The molecule has 0 radical (unpaired) electrons. The third-order valence-electron chi connectivity index (χ3n) is 2.89. The molecule has 0 spiro atoms. The zero-order valence-corrected chi connectivity index (χ0v) is 10.1. The number of hydrogen-bond acceptors (Lipinski definition) is 5. The summed E-state index contributed by atoms with van der Waals surface area (Å²) < 4.78 is 2.82. The van der Waals surface area contributed by atoms with Crippen LogP contribution in [0.15, 0.2) is 0 Å². The van der Waals surface area contributed by atoms with Crippen LogP contribution >= 0.6 is 11.3 Å². The summed E-state index contributed by atoms with van der Waals surface area (Å²) in [5.41, 5.74) is 9.03. The number of nitrogens with zero attached hydrogens (tertiary/aromatic N) is 4. The molecule has 0 atom stereocenters. The van der Waals surface area contributed by atoms with Gasteiger partial charge in [-0.05, 0) is 19.4 Å². The van der Waals surface area contributed by atoms with Crippen LogP contribution in [0, 0.1) is 13.8 Å². The lowest BCUT2D eigenvalue weighted by molar-refractivity contribution is 0.804. The van der Waals surface area contributed by atoms with Crippen molar-refractivity contribution in [3.05, 3.63) is 11.3 Å². The maximum atomic E-state index is 5.86. The molecule has 3 rings (SSSR count). The van der Waals surface area contributed by atoms with E-state index in [-0.39, 0.29) is 0 Å². The second kappa shape index (κ2) is 2.91. The van der Waals surface area contributed by atoms with Crippen LogP contribution in [0.4, 0.5) is 5.82 Å². The topological polar surface area (TPSA) is 69.6 Å². The van der Waals surface area contributed by atoms with Crippen LogP contribution in [0.1, 0.15) is 11.3 Å². The molecule has 0 amide bonds. The fourth-order valence-corrected chi connectivity index (χ4v) is 3.04. The van der Waals surface area contributed by atoms with Gasteiger partial charge in [0.25, 0.3) is 0 Å². The van der Waals surface area contributed by atoms with Crippen molar-refractivity contribution >= 4 is 37.6 Å². The van der Waals surface area contributed by atoms with Crippen molar-refractivity contribution in [2.75, 3.05) is 5.73 Å². The summed E-state index contributed by atoms with van der Waals surface area (Å²) in [5, 5.41) is 13.7. The van der Waals surface area contributed by atoms with E-state index in [0.717, 1.165) is 31.7 Å². The molecule has 16 heavy (non-hydrogen) atoms. The van der Waals surface area contributed by atoms with Gasteiger partial charge in [0, 0.05) is 12.4 Å². The largest absolute Gasteiger partial charge is 0.381 e. The Bertz CT molecular complexity index is 709. The first-order valence-electron chi connectivity index (χ1n) is 4.94. The predicted octanol–water partition coefficient (Wildman–Crippen LogP) is 1.78. The third-order valence-corrected chi connectivity index (χ3v) is 3.97. The minimum Gasteiger partial charge on any atom is -0.381 e. The maximum Gasteiger partial charge on any atom is 0.163 e. The second-order valence-corrected chi connectivity index (χ2v) is 4.88. The molecular formula is C10H11N5S. The highest BCUT2D eigenvalue weighted by atomic mass is 32.1. The van der Waals surface area contributed by atoms with Gasteiger partial charge >= 0.3 is 0 Å². The van der Waals surface area contributed by atoms with Gasteiger partial charge in [-0.25, -0.2) is 0 Å². The monoisotopic (exact) mass is 233 g/mol. The first-order chi connectivity index (χ1) is 7.59. The van der Waals surface area contributed by atoms with Crippen molar-refractivity contribution < 1.29 is 0 Å². The van der Waals surface area contributed by atoms with Gasteiger partial charge in [0.1, 0.15) is 4.83 Å². The zero-order valence-electron chi connectivity index (χ0n) is 9.27. The number of anilines is 1. The first kappa shape index (κ1) is 9.53. The van der Waals surface area contributed by atoms with Gasteiger partial charge < -0.3 is 5.73 Å². The van der Waals surface area contributed by atoms with Gasteiger partial charge in [0.15, 0.2) is 5.82 Å². The number of rotatable bonds is 0. The van der Waals surface area contributed by atoms with E-state index in [9.17, 15) is 0 Å². The maximum absolute atomic E-state index is 5.86. The van der Waals surface area contributed by atoms with Crippen LogP contribution in [-0.2, 0) is 7.05 Å². The minimum absolute atomic E-state index is 0.567. The molecule has 0 saturated carbocycles. The highest BCUT2D eigenvalue weighted by Gasteiger charge is 2.17. The molecular weight excluding hydrogens is 222 g/mol. The molecule has 5 nitrogen and oxygen atoms in total. The quantitative estimate of drug-likeness (QED) is 0.642. The van der Waals surface area contributed by atoms with Gasteiger partial charge in [-0.2, -0.15) is 10.2 Å². The second-order valence-electron chi connectivity index (χ2n) is 3.88. The van der Waals surface area contributed by atoms with Crippen molar-refractivity contribution in [2.24, 2.45) is 7.05 Å². The van der Waals surface area contributed by atoms with Gasteiger partial charge in [-0.1, -0.05) is 0 Å². The van der Waals surface area contributed by atoms with E-state index in [4.69, 9.17) is 5.73 Å². The molecule has 0 fully saturated rings. The number of aryl methyl sites for hydroxylation is 3. The highest BCUT2D eigenvalue weighted by molar-refractivity contribution is 7.26. The summed E-state index contributed by atoms with van der Waals surface area (Å²) in [6, 6.07) is 0. The third kappa shape index (κ3) is 1.02. The standard InChI is InChI=1S/C10H11N5S/c1-4-5(2)12-13-10-6(4)7-8(16-10)9(11)14-15(7)3/h1-3H3,(H2,11,14). The first-order valence-corrected chi connectivity index (χ1v) is 5.76. The van der Waals surface area contributed by atoms with Crippen LogP contribution in [0.3, 0.4) is 0 Å². The van der Waals surface area contributed by atoms with Crippen LogP contribution in [-0.4, -0.2) is 20.0 Å². The Kier molecular flexibility index (Phi) is 1.74. The Balaban J connectivity index is 2.65. The van der Waals surface area contributed by atoms with Crippen LogP contribution in [0.5, 0.6) is 0 Å². The molecule has 2 N–H and O–H groups in total. The van der Waals surface area contributed by atoms with E-state index in [0.29, 0.717) is 5.82 Å². The van der Waals surface area contributed by atoms with Gasteiger partial charge in [-0.15, -0.1) is 16.4 Å². The molecule has 6 heteroatoms. The molecule has 0 aromatic carbocycles. The van der Waals surface area contributed by atoms with E-state index in [1.807, 2.05) is 18.7 Å². The molecule has 0 unspecified atom stereocenters. The Morgan fingerprint density at radius 3 is 2.75 bits per heavy atom. The number of fused-ring (bicyclic) bond motifs is 3. The van der Waals surface area contributed by atoms with Gasteiger partial charge in [0.05, 0.1) is 15.9 Å². The van der Waals surface area contributed by atoms with Crippen LogP contribution in [0.2, 0.25) is 0 Å². The SMILES string of the molecule is Cc1nnc2sc3c(N)nn(C)c3c2c1C. The van der Waals surface area contributed by atoms with E-state index in [1.165, 1.54) is 0 Å². The Labute approximate surface area is 95.9 Å². The summed E-state index contributed by atoms with van der Waals surface area (Å²) in [6.45, 7) is 4.02. The number of thiophene rings is 1. The van der Waals surface area contributed by atoms with Crippen molar-refractivity contribution in [3.63, 3.8) is 0 Å². The number of nitrogens with two attached hydrogens (primary N) is 1. The van der Waals surface area contributed by atoms with Gasteiger partial charge in [0.2, 0.25) is 0 Å². The molecule has 0 bridgehead atoms. The van der Waals surface area contributed by atoms with Crippen molar-refractivity contribution in [2.45, 2.75) is 13.8 Å². The Morgan fingerprint density at radius 1 is 1.25 bits per heavy atom. The number of aromatic nitrogens is 4. The Morgan fingerprint density at radius 2 is 2.00 bits per heavy atom. The lowest BCUT2D eigenvalue weighted by Crippen LogP contribution is -1.95. The predicted molar refractivity (Wildman–Crippen MR) is 65.6 cm³/mol. The fraction of sp³-hybridized carbons (Fsp3) is 0.300. The van der Waals surface area contributed by atoms with Crippen LogP contribution < -0.4 is 5.73 Å². The highest BCUT2D eigenvalue weighted by Crippen LogP contribution is 2.37. The normalized spacial score (nSPS) is 11.7. The minimum atomic E-state index is 0.567. The zero-order chi connectivity index (χ0) is 11.4. The average molecular weight is 233 g/mol. The van der Waals surface area contributed by atoms with E-state index in [2.05, 4.69) is 22.2 Å². The summed E-state index contributed by atoms with van der Waals surface area (Å²) in [7, 11) is 1.90. The summed E-state index contributed by atoms with van der Waals surface area (Å²) in [6.07, 6.45) is 0. The molecule has 82 valence electrons. The van der Waals surface area contributed by atoms with Crippen LogP contribution in [0.25, 0.3) is 20.4 Å². The lowest BCUT2D eigenvalue weighted by Gasteiger charge is -1.99. The molecule has 3 heterocycles. The number of nitrogen functional groups attached to an aromatic ring is 1. The number of hydrogen-bond donors (Lipinski definition) is 1. The van der Waals surface area contributed by atoms with Gasteiger partial charge in [-0.3, -0.25) is 4.68 Å². The van der Waals surface area contributed by atoms with Crippen molar-refractivity contribution in [3.8, 4) is 0 Å².